The van der Waals surface area contributed by atoms with E-state index in [1.54, 1.807) is 12.1 Å². The van der Waals surface area contributed by atoms with Gasteiger partial charge < -0.3 is 20.7 Å². The molecule has 18 heavy (non-hydrogen) atoms. The highest BCUT2D eigenvalue weighted by molar-refractivity contribution is 5.93. The highest BCUT2D eigenvalue weighted by atomic mass is 16.5. The summed E-state index contributed by atoms with van der Waals surface area (Å²) in [6.45, 7) is 3.47. The Morgan fingerprint density at radius 3 is 2.83 bits per heavy atom. The molecule has 1 atom stereocenters. The molecule has 5 heteroatoms. The molecule has 0 bridgehead atoms. The summed E-state index contributed by atoms with van der Waals surface area (Å²) in [4.78, 5) is 13.2. The highest BCUT2D eigenvalue weighted by Crippen LogP contribution is 2.10. The molecule has 1 aliphatic heterocycles. The van der Waals surface area contributed by atoms with Crippen molar-refractivity contribution in [3.05, 3.63) is 29.8 Å². The molecule has 2 rings (SSSR count). The maximum absolute atomic E-state index is 10.9. The van der Waals surface area contributed by atoms with E-state index >= 15 is 0 Å². The molecule has 1 aliphatic rings. The fraction of sp³-hybridized carbons (Fsp3) is 0.462. The van der Waals surface area contributed by atoms with E-state index in [0.717, 1.165) is 31.9 Å². The molecular weight excluding hydrogens is 230 g/mol. The van der Waals surface area contributed by atoms with E-state index in [4.69, 9.17) is 10.5 Å². The number of nitrogens with one attached hydrogen (secondary N) is 1. The van der Waals surface area contributed by atoms with Crippen molar-refractivity contribution in [1.82, 2.24) is 4.90 Å². The van der Waals surface area contributed by atoms with Gasteiger partial charge in [0.15, 0.2) is 0 Å². The fourth-order valence-electron chi connectivity index (χ4n) is 1.97. The van der Waals surface area contributed by atoms with Gasteiger partial charge in [-0.15, -0.1) is 0 Å². The number of likely N-dealkylation sites (N-methyl/N-ethyl adjacent to an activating group) is 1. The lowest BCUT2D eigenvalue weighted by Crippen LogP contribution is -2.43. The Morgan fingerprint density at radius 1 is 1.50 bits per heavy atom. The lowest BCUT2D eigenvalue weighted by molar-refractivity contribution is -0.0117. The van der Waals surface area contributed by atoms with Crippen LogP contribution >= 0.6 is 0 Å². The summed E-state index contributed by atoms with van der Waals surface area (Å²) in [6, 6.07) is 7.15. The third-order valence-corrected chi connectivity index (χ3v) is 3.05. The predicted molar refractivity (Wildman–Crippen MR) is 70.7 cm³/mol. The third kappa shape index (κ3) is 3.45. The number of amides is 1. The van der Waals surface area contributed by atoms with Crippen LogP contribution in [-0.4, -0.2) is 50.2 Å². The number of hydrogen-bond acceptors (Lipinski definition) is 4. The number of carbonyl (C=O) groups excluding carboxylic acids is 1. The van der Waals surface area contributed by atoms with Crippen molar-refractivity contribution >= 4 is 11.6 Å². The van der Waals surface area contributed by atoms with E-state index in [2.05, 4.69) is 17.3 Å². The minimum atomic E-state index is -0.404. The van der Waals surface area contributed by atoms with Gasteiger partial charge in [-0.3, -0.25) is 4.79 Å². The first kappa shape index (κ1) is 12.9. The third-order valence-electron chi connectivity index (χ3n) is 3.05. The largest absolute Gasteiger partial charge is 0.382 e. The second kappa shape index (κ2) is 5.84. The molecule has 1 amide bonds. The number of carbonyl (C=O) groups is 1. The molecule has 1 heterocycles. The Morgan fingerprint density at radius 2 is 2.22 bits per heavy atom. The Bertz CT molecular complexity index is 405. The molecule has 0 radical (unpaired) electrons. The van der Waals surface area contributed by atoms with Crippen LogP contribution in [0.1, 0.15) is 10.4 Å². The van der Waals surface area contributed by atoms with Gasteiger partial charge in [-0.25, -0.2) is 0 Å². The van der Waals surface area contributed by atoms with E-state index in [9.17, 15) is 4.79 Å². The second-order valence-corrected chi connectivity index (χ2v) is 4.58. The molecule has 1 aromatic rings. The van der Waals surface area contributed by atoms with Crippen LogP contribution in [0.25, 0.3) is 0 Å². The molecule has 1 fully saturated rings. The molecule has 3 N–H and O–H groups in total. The van der Waals surface area contributed by atoms with Crippen LogP contribution in [0.2, 0.25) is 0 Å². The van der Waals surface area contributed by atoms with Crippen LogP contribution in [-0.2, 0) is 4.74 Å². The van der Waals surface area contributed by atoms with Crippen molar-refractivity contribution in [2.75, 3.05) is 38.6 Å². The minimum Gasteiger partial charge on any atom is -0.382 e. The topological polar surface area (TPSA) is 67.6 Å². The Kier molecular flexibility index (Phi) is 4.17. The number of ether oxygens (including phenoxy) is 1. The van der Waals surface area contributed by atoms with Crippen LogP contribution in [0.15, 0.2) is 24.3 Å². The summed E-state index contributed by atoms with van der Waals surface area (Å²) in [5, 5.41) is 3.30. The van der Waals surface area contributed by atoms with E-state index in [-0.39, 0.29) is 6.10 Å². The number of anilines is 1. The monoisotopic (exact) mass is 249 g/mol. The zero-order valence-corrected chi connectivity index (χ0v) is 10.6. The summed E-state index contributed by atoms with van der Waals surface area (Å²) < 4.78 is 5.65. The van der Waals surface area contributed by atoms with E-state index in [1.165, 1.54) is 0 Å². The summed E-state index contributed by atoms with van der Waals surface area (Å²) >= 11 is 0. The molecule has 1 saturated heterocycles. The maximum Gasteiger partial charge on any atom is 0.248 e. The average molecular weight is 249 g/mol. The van der Waals surface area contributed by atoms with Gasteiger partial charge in [-0.1, -0.05) is 0 Å². The minimum absolute atomic E-state index is 0.208. The summed E-state index contributed by atoms with van der Waals surface area (Å²) in [5.41, 5.74) is 6.68. The number of nitrogens with two attached hydrogens (primary N) is 1. The van der Waals surface area contributed by atoms with Crippen molar-refractivity contribution in [3.63, 3.8) is 0 Å². The summed E-state index contributed by atoms with van der Waals surface area (Å²) in [6.07, 6.45) is 0.208. The van der Waals surface area contributed by atoms with Gasteiger partial charge in [-0.05, 0) is 31.3 Å². The number of morpholine rings is 1. The summed E-state index contributed by atoms with van der Waals surface area (Å²) in [7, 11) is 2.09. The van der Waals surface area contributed by atoms with Gasteiger partial charge in [0.1, 0.15) is 0 Å². The molecule has 1 unspecified atom stereocenters. The SMILES string of the molecule is CN1CCOC(CNc2ccc(C(N)=O)cc2)C1. The Hall–Kier alpha value is -1.59. The van der Waals surface area contributed by atoms with Crippen LogP contribution in [0, 0.1) is 0 Å². The number of benzene rings is 1. The molecule has 0 spiro atoms. The van der Waals surface area contributed by atoms with E-state index < -0.39 is 5.91 Å². The van der Waals surface area contributed by atoms with Gasteiger partial charge in [0.2, 0.25) is 5.91 Å². The van der Waals surface area contributed by atoms with Gasteiger partial charge in [0.25, 0.3) is 0 Å². The molecule has 0 aliphatic carbocycles. The maximum atomic E-state index is 10.9. The first-order valence-corrected chi connectivity index (χ1v) is 6.09. The Labute approximate surface area is 107 Å². The molecule has 0 aromatic heterocycles. The number of hydrogen-bond donors (Lipinski definition) is 2. The molecular formula is C13H19N3O2. The van der Waals surface area contributed by atoms with Gasteiger partial charge in [-0.2, -0.15) is 0 Å². The molecule has 0 saturated carbocycles. The van der Waals surface area contributed by atoms with Crippen LogP contribution < -0.4 is 11.1 Å². The first-order valence-electron chi connectivity index (χ1n) is 6.09. The zero-order chi connectivity index (χ0) is 13.0. The second-order valence-electron chi connectivity index (χ2n) is 4.58. The smallest absolute Gasteiger partial charge is 0.248 e. The first-order chi connectivity index (χ1) is 8.65. The van der Waals surface area contributed by atoms with Crippen LogP contribution in [0.4, 0.5) is 5.69 Å². The van der Waals surface area contributed by atoms with E-state index in [1.807, 2.05) is 12.1 Å². The number of nitrogens with zero attached hydrogens (tertiary/aromatic N) is 1. The van der Waals surface area contributed by atoms with Crippen LogP contribution in [0.5, 0.6) is 0 Å². The van der Waals surface area contributed by atoms with Crippen molar-refractivity contribution in [2.24, 2.45) is 5.73 Å². The van der Waals surface area contributed by atoms with Crippen molar-refractivity contribution in [1.29, 1.82) is 0 Å². The fourth-order valence-corrected chi connectivity index (χ4v) is 1.97. The van der Waals surface area contributed by atoms with Crippen molar-refractivity contribution < 1.29 is 9.53 Å². The quantitative estimate of drug-likeness (QED) is 0.816. The average Bonchev–Trinajstić information content (AvgIpc) is 2.37. The van der Waals surface area contributed by atoms with Crippen LogP contribution in [0.3, 0.4) is 0 Å². The lowest BCUT2D eigenvalue weighted by Gasteiger charge is -2.30. The van der Waals surface area contributed by atoms with Gasteiger partial charge in [0, 0.05) is 30.9 Å². The van der Waals surface area contributed by atoms with Crippen molar-refractivity contribution in [2.45, 2.75) is 6.10 Å². The zero-order valence-electron chi connectivity index (χ0n) is 10.6. The molecule has 1 aromatic carbocycles. The van der Waals surface area contributed by atoms with Gasteiger partial charge in [0.05, 0.1) is 12.7 Å². The lowest BCUT2D eigenvalue weighted by atomic mass is 10.2. The Balaban J connectivity index is 1.84. The normalized spacial score (nSPS) is 20.6. The van der Waals surface area contributed by atoms with E-state index in [0.29, 0.717) is 5.56 Å². The predicted octanol–water partition coefficient (Wildman–Crippen LogP) is 0.528. The van der Waals surface area contributed by atoms with Crippen molar-refractivity contribution in [3.8, 4) is 0 Å². The summed E-state index contributed by atoms with van der Waals surface area (Å²) in [5.74, 6) is -0.404. The number of primary amides is 1. The molecule has 98 valence electrons. The highest BCUT2D eigenvalue weighted by Gasteiger charge is 2.17. The standard InChI is InChI=1S/C13H19N3O2/c1-16-6-7-18-12(9-16)8-15-11-4-2-10(3-5-11)13(14)17/h2-5,12,15H,6-9H2,1H3,(H2,14,17). The van der Waals surface area contributed by atoms with Gasteiger partial charge >= 0.3 is 0 Å². The number of rotatable bonds is 4. The molecule has 5 nitrogen and oxygen atoms in total.